The van der Waals surface area contributed by atoms with Crippen LogP contribution >= 0.6 is 0 Å². The van der Waals surface area contributed by atoms with Gasteiger partial charge in [0.25, 0.3) is 0 Å². The molecule has 0 radical (unpaired) electrons. The minimum atomic E-state index is -0.630. The van der Waals surface area contributed by atoms with Crippen molar-refractivity contribution in [1.29, 1.82) is 0 Å². The third-order valence-corrected chi connectivity index (χ3v) is 5.00. The van der Waals surface area contributed by atoms with E-state index in [2.05, 4.69) is 5.32 Å². The van der Waals surface area contributed by atoms with E-state index < -0.39 is 30.0 Å². The second-order valence-corrected chi connectivity index (χ2v) is 9.46. The molecule has 0 aromatic heterocycles. The molecule has 0 bridgehead atoms. The lowest BCUT2D eigenvalue weighted by Crippen LogP contribution is -2.41. The van der Waals surface area contributed by atoms with Gasteiger partial charge in [0, 0.05) is 12.1 Å². The van der Waals surface area contributed by atoms with Gasteiger partial charge in [-0.25, -0.2) is 4.79 Å². The summed E-state index contributed by atoms with van der Waals surface area (Å²) < 4.78 is 17.7. The van der Waals surface area contributed by atoms with E-state index in [9.17, 15) is 9.59 Å². The van der Waals surface area contributed by atoms with Crippen LogP contribution in [0.2, 0.25) is 0 Å². The van der Waals surface area contributed by atoms with Crippen LogP contribution in [0.1, 0.15) is 70.0 Å². The summed E-state index contributed by atoms with van der Waals surface area (Å²) in [6.45, 7) is 15.5. The topological polar surface area (TPSA) is 73.9 Å². The summed E-state index contributed by atoms with van der Waals surface area (Å²) in [5.41, 5.74) is 1.51. The van der Waals surface area contributed by atoms with E-state index in [0.29, 0.717) is 5.56 Å². The summed E-state index contributed by atoms with van der Waals surface area (Å²) in [6, 6.07) is 5.57. The van der Waals surface area contributed by atoms with Crippen molar-refractivity contribution in [3.05, 3.63) is 40.4 Å². The number of amides is 1. The number of alkyl carbamates (subject to hydrolysis) is 1. The Balaban J connectivity index is 2.32. The number of carbonyl (C=O) groups excluding carboxylic acids is 2. The van der Waals surface area contributed by atoms with Crippen molar-refractivity contribution < 1.29 is 23.6 Å². The highest BCUT2D eigenvalue weighted by molar-refractivity contribution is 6.56. The molecule has 0 spiro atoms. The van der Waals surface area contributed by atoms with Gasteiger partial charge in [-0.1, -0.05) is 12.1 Å². The van der Waals surface area contributed by atoms with Crippen LogP contribution in [0.25, 0.3) is 6.08 Å². The van der Waals surface area contributed by atoms with Gasteiger partial charge >= 0.3 is 13.2 Å². The van der Waals surface area contributed by atoms with E-state index in [1.807, 2.05) is 73.6 Å². The third-order valence-electron chi connectivity index (χ3n) is 5.00. The van der Waals surface area contributed by atoms with E-state index in [0.717, 1.165) is 22.9 Å². The molecule has 1 aliphatic heterocycles. The largest absolute Gasteiger partial charge is 0.492 e. The Hall–Kier alpha value is -2.12. The van der Waals surface area contributed by atoms with Gasteiger partial charge in [-0.2, -0.15) is 0 Å². The first-order chi connectivity index (χ1) is 13.2. The van der Waals surface area contributed by atoms with E-state index in [4.69, 9.17) is 14.0 Å². The number of rotatable bonds is 5. The lowest BCUT2D eigenvalue weighted by Gasteiger charge is -2.32. The molecule has 0 unspecified atom stereocenters. The first-order valence-corrected chi connectivity index (χ1v) is 9.82. The molecule has 29 heavy (non-hydrogen) atoms. The SMILES string of the molecule is Cc1cc(C=O)cc(C=C(CNC(=O)OC(C)(C)C)B2OC(C)(C)C(C)(C)O2)c1. The number of hydrogen-bond donors (Lipinski definition) is 1. The van der Waals surface area contributed by atoms with E-state index in [1.54, 1.807) is 6.07 Å². The molecular formula is C22H32BNO5. The van der Waals surface area contributed by atoms with Crippen molar-refractivity contribution in [1.82, 2.24) is 5.32 Å². The molecule has 2 rings (SSSR count). The summed E-state index contributed by atoms with van der Waals surface area (Å²) in [5, 5.41) is 2.78. The summed E-state index contributed by atoms with van der Waals surface area (Å²) >= 11 is 0. The normalized spacial score (nSPS) is 18.5. The van der Waals surface area contributed by atoms with Crippen molar-refractivity contribution in [2.24, 2.45) is 0 Å². The van der Waals surface area contributed by atoms with E-state index in [1.165, 1.54) is 0 Å². The standard InChI is InChI=1S/C22H32BNO5/c1-15-9-16(11-17(10-15)14-25)12-18(13-24-19(26)27-20(2,3)4)23-28-21(5,6)22(7,8)29-23/h9-12,14H,13H2,1-8H3,(H,24,26). The van der Waals surface area contributed by atoms with Crippen LogP contribution < -0.4 is 5.32 Å². The third kappa shape index (κ3) is 6.18. The number of hydrogen-bond acceptors (Lipinski definition) is 5. The van der Waals surface area contributed by atoms with Gasteiger partial charge in [0.15, 0.2) is 0 Å². The van der Waals surface area contributed by atoms with E-state index in [-0.39, 0.29) is 6.54 Å². The maximum absolute atomic E-state index is 12.2. The van der Waals surface area contributed by atoms with Gasteiger partial charge in [-0.05, 0) is 84.1 Å². The summed E-state index contributed by atoms with van der Waals surface area (Å²) in [7, 11) is -0.630. The maximum atomic E-state index is 12.2. The van der Waals surface area contributed by atoms with Crippen LogP contribution in [-0.4, -0.2) is 42.8 Å². The molecule has 0 atom stereocenters. The van der Waals surface area contributed by atoms with Gasteiger partial charge < -0.3 is 19.4 Å². The fourth-order valence-electron chi connectivity index (χ4n) is 2.89. The number of carbonyl (C=O) groups is 2. The Kier molecular flexibility index (Phi) is 6.65. The average molecular weight is 401 g/mol. The van der Waals surface area contributed by atoms with Crippen molar-refractivity contribution in [2.75, 3.05) is 6.54 Å². The Labute approximate surface area is 174 Å². The zero-order chi connectivity index (χ0) is 22.0. The second kappa shape index (κ2) is 8.32. The number of benzene rings is 1. The van der Waals surface area contributed by atoms with Crippen LogP contribution in [0.5, 0.6) is 0 Å². The van der Waals surface area contributed by atoms with Gasteiger partial charge in [-0.15, -0.1) is 0 Å². The number of aldehydes is 1. The zero-order valence-corrected chi connectivity index (χ0v) is 18.7. The fourth-order valence-corrected chi connectivity index (χ4v) is 2.89. The van der Waals surface area contributed by atoms with Gasteiger partial charge in [0.1, 0.15) is 11.9 Å². The van der Waals surface area contributed by atoms with E-state index >= 15 is 0 Å². The van der Waals surface area contributed by atoms with Crippen molar-refractivity contribution in [3.63, 3.8) is 0 Å². The second-order valence-electron chi connectivity index (χ2n) is 9.46. The molecule has 1 fully saturated rings. The van der Waals surface area contributed by atoms with Crippen molar-refractivity contribution in [2.45, 2.75) is 72.2 Å². The van der Waals surface area contributed by atoms with Crippen LogP contribution in [0.3, 0.4) is 0 Å². The first kappa shape index (κ1) is 23.2. The average Bonchev–Trinajstić information content (AvgIpc) is 2.77. The zero-order valence-electron chi connectivity index (χ0n) is 18.7. The Morgan fingerprint density at radius 1 is 1.10 bits per heavy atom. The predicted molar refractivity (Wildman–Crippen MR) is 115 cm³/mol. The molecule has 1 aromatic carbocycles. The van der Waals surface area contributed by atoms with Crippen LogP contribution in [-0.2, 0) is 14.0 Å². The lowest BCUT2D eigenvalue weighted by atomic mass is 9.77. The highest BCUT2D eigenvalue weighted by Gasteiger charge is 2.52. The summed E-state index contributed by atoms with van der Waals surface area (Å²) in [6.07, 6.45) is 2.19. The van der Waals surface area contributed by atoms with Crippen LogP contribution in [0, 0.1) is 6.92 Å². The minimum Gasteiger partial charge on any atom is -0.444 e. The molecule has 1 aromatic rings. The Bertz CT molecular complexity index is 792. The van der Waals surface area contributed by atoms with Gasteiger partial charge in [0.05, 0.1) is 11.2 Å². The fraction of sp³-hybridized carbons (Fsp3) is 0.545. The number of ether oxygens (including phenoxy) is 1. The Morgan fingerprint density at radius 3 is 2.17 bits per heavy atom. The van der Waals surface area contributed by atoms with Crippen molar-refractivity contribution >= 4 is 25.6 Å². The molecule has 1 heterocycles. The van der Waals surface area contributed by atoms with Gasteiger partial charge in [-0.3, -0.25) is 4.79 Å². The maximum Gasteiger partial charge on any atom is 0.492 e. The molecule has 7 heteroatoms. The molecule has 1 amide bonds. The number of nitrogens with one attached hydrogen (secondary N) is 1. The molecular weight excluding hydrogens is 369 g/mol. The van der Waals surface area contributed by atoms with Crippen LogP contribution in [0.15, 0.2) is 23.7 Å². The predicted octanol–water partition coefficient (Wildman–Crippen LogP) is 4.35. The molecule has 1 N–H and O–H groups in total. The first-order valence-electron chi connectivity index (χ1n) is 9.82. The molecule has 1 saturated heterocycles. The smallest absolute Gasteiger partial charge is 0.444 e. The quantitative estimate of drug-likeness (QED) is 0.587. The molecule has 1 aliphatic rings. The molecule has 6 nitrogen and oxygen atoms in total. The molecule has 158 valence electrons. The van der Waals surface area contributed by atoms with Crippen molar-refractivity contribution in [3.8, 4) is 0 Å². The highest BCUT2D eigenvalue weighted by atomic mass is 16.7. The van der Waals surface area contributed by atoms with Gasteiger partial charge in [0.2, 0.25) is 0 Å². The Morgan fingerprint density at radius 2 is 1.66 bits per heavy atom. The monoisotopic (exact) mass is 401 g/mol. The number of aryl methyl sites for hydroxylation is 1. The lowest BCUT2D eigenvalue weighted by molar-refractivity contribution is 0.00578. The highest BCUT2D eigenvalue weighted by Crippen LogP contribution is 2.38. The molecule has 0 saturated carbocycles. The summed E-state index contributed by atoms with van der Waals surface area (Å²) in [4.78, 5) is 23.4. The van der Waals surface area contributed by atoms with Crippen LogP contribution in [0.4, 0.5) is 4.79 Å². The minimum absolute atomic E-state index is 0.191. The molecule has 0 aliphatic carbocycles. The summed E-state index contributed by atoms with van der Waals surface area (Å²) in [5.74, 6) is 0.